The van der Waals surface area contributed by atoms with Gasteiger partial charge in [-0.05, 0) is 43.4 Å². The van der Waals surface area contributed by atoms with Gasteiger partial charge in [0.1, 0.15) is 24.4 Å². The second-order valence-electron chi connectivity index (χ2n) is 7.46. The Hall–Kier alpha value is -2.38. The summed E-state index contributed by atoms with van der Waals surface area (Å²) in [5.74, 6) is 0.375. The number of nitrogens with one attached hydrogen (secondary N) is 2. The number of benzene rings is 1. The van der Waals surface area contributed by atoms with Gasteiger partial charge in [0.05, 0.1) is 26.3 Å². The van der Waals surface area contributed by atoms with Gasteiger partial charge < -0.3 is 24.1 Å². The Kier molecular flexibility index (Phi) is 5.92. The summed E-state index contributed by atoms with van der Waals surface area (Å²) in [5.41, 5.74) is 2.20. The maximum atomic E-state index is 12.2. The van der Waals surface area contributed by atoms with E-state index >= 15 is 0 Å². The predicted octanol–water partition coefficient (Wildman–Crippen LogP) is 0.0819. The van der Waals surface area contributed by atoms with Crippen LogP contribution < -0.4 is 20.6 Å². The molecule has 28 heavy (non-hydrogen) atoms. The number of ether oxygens (including phenoxy) is 2. The largest absolute Gasteiger partial charge is 0.484 e. The van der Waals surface area contributed by atoms with Gasteiger partial charge in [-0.15, -0.1) is 0 Å². The van der Waals surface area contributed by atoms with Crippen LogP contribution in [0.15, 0.2) is 27.4 Å². The van der Waals surface area contributed by atoms with Crippen LogP contribution in [-0.4, -0.2) is 51.9 Å². The molecular formula is C21H27N2O5+. The Labute approximate surface area is 163 Å². The highest BCUT2D eigenvalue weighted by Crippen LogP contribution is 2.28. The van der Waals surface area contributed by atoms with Crippen molar-refractivity contribution in [3.8, 4) is 5.75 Å². The van der Waals surface area contributed by atoms with Crippen molar-refractivity contribution in [2.45, 2.75) is 25.7 Å². The zero-order valence-electron chi connectivity index (χ0n) is 16.1. The Morgan fingerprint density at radius 1 is 1.14 bits per heavy atom. The topological polar surface area (TPSA) is 82.2 Å². The van der Waals surface area contributed by atoms with Crippen molar-refractivity contribution in [3.63, 3.8) is 0 Å². The van der Waals surface area contributed by atoms with E-state index in [4.69, 9.17) is 13.9 Å². The van der Waals surface area contributed by atoms with Crippen LogP contribution in [0.1, 0.15) is 24.0 Å². The normalized spacial score (nSPS) is 17.3. The van der Waals surface area contributed by atoms with Crippen molar-refractivity contribution >= 4 is 16.9 Å². The van der Waals surface area contributed by atoms with Gasteiger partial charge in [-0.3, -0.25) is 4.79 Å². The predicted molar refractivity (Wildman–Crippen MR) is 104 cm³/mol. The zero-order chi connectivity index (χ0) is 19.3. The van der Waals surface area contributed by atoms with Gasteiger partial charge in [0.15, 0.2) is 6.61 Å². The summed E-state index contributed by atoms with van der Waals surface area (Å²) in [6.45, 7) is 4.99. The Bertz CT molecular complexity index is 902. The quantitative estimate of drug-likeness (QED) is 0.686. The highest BCUT2D eigenvalue weighted by atomic mass is 16.5. The molecule has 1 amide bonds. The molecule has 0 saturated carbocycles. The first-order valence-corrected chi connectivity index (χ1v) is 10.1. The highest BCUT2D eigenvalue weighted by Gasteiger charge is 2.18. The first kappa shape index (κ1) is 19.0. The average molecular weight is 387 g/mol. The molecule has 2 heterocycles. The maximum Gasteiger partial charge on any atom is 0.339 e. The third kappa shape index (κ3) is 4.36. The highest BCUT2D eigenvalue weighted by molar-refractivity contribution is 5.83. The second-order valence-corrected chi connectivity index (χ2v) is 7.46. The van der Waals surface area contributed by atoms with E-state index in [1.807, 2.05) is 12.1 Å². The molecule has 1 fully saturated rings. The second kappa shape index (κ2) is 8.75. The number of quaternary nitrogens is 1. The average Bonchev–Trinajstić information content (AvgIpc) is 2.73. The summed E-state index contributed by atoms with van der Waals surface area (Å²) in [6, 6.07) is 5.47. The standard InChI is InChI=1S/C21H26N2O5/c24-20(22-7-8-23-9-11-26-12-10-23)14-27-15-5-6-17-16-3-1-2-4-18(16)21(25)28-19(17)13-15/h5-6,13H,1-4,7-12,14H2,(H,22,24)/p+1. The molecule has 2 aromatic rings. The van der Waals surface area contributed by atoms with E-state index in [-0.39, 0.29) is 18.1 Å². The van der Waals surface area contributed by atoms with Crippen LogP contribution in [0.25, 0.3) is 11.0 Å². The molecule has 2 N–H and O–H groups in total. The minimum atomic E-state index is -0.247. The van der Waals surface area contributed by atoms with E-state index < -0.39 is 0 Å². The SMILES string of the molecule is O=C(COc1ccc2c3c(c(=O)oc2c1)CCCC3)NCC[NH+]1CCOCC1. The Morgan fingerprint density at radius 3 is 2.75 bits per heavy atom. The van der Waals surface area contributed by atoms with E-state index in [0.717, 1.165) is 75.0 Å². The van der Waals surface area contributed by atoms with E-state index in [1.54, 1.807) is 6.07 Å². The number of morpholine rings is 1. The lowest BCUT2D eigenvalue weighted by molar-refractivity contribution is -0.906. The molecule has 0 bridgehead atoms. The molecule has 4 rings (SSSR count). The molecule has 0 radical (unpaired) electrons. The van der Waals surface area contributed by atoms with Crippen LogP contribution in [0.4, 0.5) is 0 Å². The Balaban J connectivity index is 1.33. The minimum absolute atomic E-state index is 0.0564. The lowest BCUT2D eigenvalue weighted by Crippen LogP contribution is -3.14. The van der Waals surface area contributed by atoms with Gasteiger partial charge in [-0.25, -0.2) is 4.79 Å². The first-order chi connectivity index (χ1) is 13.7. The van der Waals surface area contributed by atoms with Crippen LogP contribution in [0, 0.1) is 0 Å². The van der Waals surface area contributed by atoms with Crippen molar-refractivity contribution < 1.29 is 23.6 Å². The molecule has 1 aliphatic carbocycles. The fourth-order valence-electron chi connectivity index (χ4n) is 4.00. The fourth-order valence-corrected chi connectivity index (χ4v) is 4.00. The molecule has 1 aromatic heterocycles. The van der Waals surface area contributed by atoms with Gasteiger partial charge in [-0.2, -0.15) is 0 Å². The van der Waals surface area contributed by atoms with Gasteiger partial charge >= 0.3 is 5.63 Å². The molecular weight excluding hydrogens is 360 g/mol. The fraction of sp³-hybridized carbons (Fsp3) is 0.524. The summed E-state index contributed by atoms with van der Waals surface area (Å²) < 4.78 is 16.4. The van der Waals surface area contributed by atoms with Gasteiger partial charge in [0, 0.05) is 17.0 Å². The molecule has 150 valence electrons. The van der Waals surface area contributed by atoms with Gasteiger partial charge in [-0.1, -0.05) is 0 Å². The van der Waals surface area contributed by atoms with Crippen molar-refractivity contribution in [3.05, 3.63) is 39.7 Å². The number of carbonyl (C=O) groups excluding carboxylic acids is 1. The molecule has 0 spiro atoms. The van der Waals surface area contributed by atoms with Crippen LogP contribution >= 0.6 is 0 Å². The summed E-state index contributed by atoms with van der Waals surface area (Å²) in [4.78, 5) is 25.7. The molecule has 2 aliphatic rings. The minimum Gasteiger partial charge on any atom is -0.484 e. The third-order valence-electron chi connectivity index (χ3n) is 5.57. The number of hydrogen-bond acceptors (Lipinski definition) is 5. The van der Waals surface area contributed by atoms with Crippen molar-refractivity contribution in [2.75, 3.05) is 46.0 Å². The summed E-state index contributed by atoms with van der Waals surface area (Å²) >= 11 is 0. The third-order valence-corrected chi connectivity index (χ3v) is 5.57. The van der Waals surface area contributed by atoms with Gasteiger partial charge in [0.25, 0.3) is 5.91 Å². The van der Waals surface area contributed by atoms with E-state index in [9.17, 15) is 9.59 Å². The lowest BCUT2D eigenvalue weighted by atomic mass is 9.91. The van der Waals surface area contributed by atoms with Crippen LogP contribution in [0.2, 0.25) is 0 Å². The summed E-state index contributed by atoms with van der Waals surface area (Å²) in [6.07, 6.45) is 3.83. The number of aryl methyl sites for hydroxylation is 1. The van der Waals surface area contributed by atoms with Crippen molar-refractivity contribution in [1.82, 2.24) is 5.32 Å². The molecule has 0 unspecified atom stereocenters. The zero-order valence-corrected chi connectivity index (χ0v) is 16.1. The number of fused-ring (bicyclic) bond motifs is 3. The first-order valence-electron chi connectivity index (χ1n) is 10.1. The number of amides is 1. The van der Waals surface area contributed by atoms with E-state index in [2.05, 4.69) is 5.32 Å². The smallest absolute Gasteiger partial charge is 0.339 e. The van der Waals surface area contributed by atoms with Crippen molar-refractivity contribution in [2.24, 2.45) is 0 Å². The number of carbonyl (C=O) groups is 1. The summed E-state index contributed by atoms with van der Waals surface area (Å²) in [7, 11) is 0. The van der Waals surface area contributed by atoms with Crippen molar-refractivity contribution in [1.29, 1.82) is 0 Å². The monoisotopic (exact) mass is 387 g/mol. The molecule has 0 atom stereocenters. The number of rotatable bonds is 6. The molecule has 1 aliphatic heterocycles. The van der Waals surface area contributed by atoms with Crippen LogP contribution in [-0.2, 0) is 22.4 Å². The molecule has 1 aromatic carbocycles. The molecule has 1 saturated heterocycles. The Morgan fingerprint density at radius 2 is 1.93 bits per heavy atom. The number of hydrogen-bond donors (Lipinski definition) is 2. The van der Waals surface area contributed by atoms with Gasteiger partial charge in [0.2, 0.25) is 0 Å². The van der Waals surface area contributed by atoms with Crippen LogP contribution in [0.3, 0.4) is 0 Å². The van der Waals surface area contributed by atoms with E-state index in [1.165, 1.54) is 4.90 Å². The van der Waals surface area contributed by atoms with E-state index in [0.29, 0.717) is 17.9 Å². The molecule has 7 heteroatoms. The van der Waals surface area contributed by atoms with Crippen LogP contribution in [0.5, 0.6) is 5.75 Å². The lowest BCUT2D eigenvalue weighted by Gasteiger charge is -2.23. The molecule has 7 nitrogen and oxygen atoms in total. The summed E-state index contributed by atoms with van der Waals surface area (Å²) in [5, 5.41) is 3.86. The maximum absolute atomic E-state index is 12.2.